The van der Waals surface area contributed by atoms with Crippen LogP contribution < -0.4 is 0 Å². The van der Waals surface area contributed by atoms with Gasteiger partial charge in [0.15, 0.2) is 0 Å². The molecule has 0 saturated heterocycles. The Balaban J connectivity index is 2.71. The summed E-state index contributed by atoms with van der Waals surface area (Å²) in [6.07, 6.45) is 4.49. The van der Waals surface area contributed by atoms with Crippen LogP contribution in [0.2, 0.25) is 0 Å². The molecule has 66 valence electrons. The third-order valence-electron chi connectivity index (χ3n) is 1.36. The first kappa shape index (κ1) is 9.65. The molecule has 0 spiro atoms. The molecule has 1 aromatic rings. The molecule has 0 atom stereocenters. The van der Waals surface area contributed by atoms with Crippen molar-refractivity contribution in [3.05, 3.63) is 22.7 Å². The van der Waals surface area contributed by atoms with E-state index in [1.807, 2.05) is 0 Å². The summed E-state index contributed by atoms with van der Waals surface area (Å²) >= 11 is 3.30. The van der Waals surface area contributed by atoms with Crippen molar-refractivity contribution >= 4 is 15.9 Å². The maximum absolute atomic E-state index is 4.21. The summed E-state index contributed by atoms with van der Waals surface area (Å²) in [6.45, 7) is 6.54. The largest absolute Gasteiger partial charge is 0.240 e. The lowest BCUT2D eigenvalue weighted by atomic mass is 9.92. The van der Waals surface area contributed by atoms with Gasteiger partial charge in [-0.15, -0.1) is 0 Å². The quantitative estimate of drug-likeness (QED) is 0.739. The number of hydrogen-bond donors (Lipinski definition) is 0. The van der Waals surface area contributed by atoms with Gasteiger partial charge in [-0.3, -0.25) is 0 Å². The van der Waals surface area contributed by atoms with Gasteiger partial charge in [0, 0.05) is 18.8 Å². The molecule has 1 aromatic heterocycles. The highest BCUT2D eigenvalue weighted by Gasteiger charge is 2.12. The second-order valence-electron chi connectivity index (χ2n) is 4.05. The molecule has 1 heterocycles. The van der Waals surface area contributed by atoms with Crippen LogP contribution in [0.1, 0.15) is 26.6 Å². The van der Waals surface area contributed by atoms with E-state index >= 15 is 0 Å². The molecule has 3 heteroatoms. The molecule has 0 aliphatic carbocycles. The number of rotatable bonds is 1. The third-order valence-corrected chi connectivity index (χ3v) is 1.77. The summed E-state index contributed by atoms with van der Waals surface area (Å²) in [7, 11) is 0. The van der Waals surface area contributed by atoms with Crippen molar-refractivity contribution in [1.29, 1.82) is 0 Å². The highest BCUT2D eigenvalue weighted by molar-refractivity contribution is 9.10. The van der Waals surface area contributed by atoms with Crippen LogP contribution in [0.5, 0.6) is 0 Å². The number of aromatic nitrogens is 2. The van der Waals surface area contributed by atoms with Gasteiger partial charge in [0.2, 0.25) is 0 Å². The summed E-state index contributed by atoms with van der Waals surface area (Å²) in [6, 6.07) is 0. The topological polar surface area (TPSA) is 25.8 Å². The Morgan fingerprint density at radius 2 is 1.75 bits per heavy atom. The predicted molar refractivity (Wildman–Crippen MR) is 52.9 cm³/mol. The van der Waals surface area contributed by atoms with Crippen molar-refractivity contribution in [2.75, 3.05) is 0 Å². The van der Waals surface area contributed by atoms with Gasteiger partial charge in [0.05, 0.1) is 4.47 Å². The molecule has 0 amide bonds. The van der Waals surface area contributed by atoms with Crippen LogP contribution in [-0.2, 0) is 6.42 Å². The fourth-order valence-electron chi connectivity index (χ4n) is 0.905. The van der Waals surface area contributed by atoms with E-state index in [1.165, 1.54) is 0 Å². The lowest BCUT2D eigenvalue weighted by Crippen LogP contribution is -2.11. The van der Waals surface area contributed by atoms with Gasteiger partial charge < -0.3 is 0 Å². The number of nitrogens with zero attached hydrogens (tertiary/aromatic N) is 2. The normalized spacial score (nSPS) is 11.7. The molecule has 0 fully saturated rings. The van der Waals surface area contributed by atoms with Gasteiger partial charge in [0.1, 0.15) is 5.82 Å². The van der Waals surface area contributed by atoms with Gasteiger partial charge in [-0.25, -0.2) is 9.97 Å². The molecule has 0 aromatic carbocycles. The summed E-state index contributed by atoms with van der Waals surface area (Å²) < 4.78 is 0.931. The van der Waals surface area contributed by atoms with Crippen LogP contribution in [0.15, 0.2) is 16.9 Å². The van der Waals surface area contributed by atoms with Crippen LogP contribution in [0.3, 0.4) is 0 Å². The first-order chi connectivity index (χ1) is 5.47. The minimum absolute atomic E-state index is 0.258. The summed E-state index contributed by atoms with van der Waals surface area (Å²) in [5.74, 6) is 0.908. The monoisotopic (exact) mass is 228 g/mol. The van der Waals surface area contributed by atoms with Crippen LogP contribution in [-0.4, -0.2) is 9.97 Å². The minimum Gasteiger partial charge on any atom is -0.240 e. The average Bonchev–Trinajstić information content (AvgIpc) is 1.91. The van der Waals surface area contributed by atoms with Gasteiger partial charge in [0.25, 0.3) is 0 Å². The Hall–Kier alpha value is -0.440. The highest BCUT2D eigenvalue weighted by atomic mass is 79.9. The van der Waals surface area contributed by atoms with E-state index in [9.17, 15) is 0 Å². The summed E-state index contributed by atoms with van der Waals surface area (Å²) in [5, 5.41) is 0. The van der Waals surface area contributed by atoms with E-state index in [4.69, 9.17) is 0 Å². The first-order valence-electron chi connectivity index (χ1n) is 3.94. The van der Waals surface area contributed by atoms with Crippen LogP contribution in [0.4, 0.5) is 0 Å². The van der Waals surface area contributed by atoms with Crippen molar-refractivity contribution < 1.29 is 0 Å². The molecule has 0 bridgehead atoms. The predicted octanol–water partition coefficient (Wildman–Crippen LogP) is 2.83. The van der Waals surface area contributed by atoms with Crippen molar-refractivity contribution in [2.45, 2.75) is 27.2 Å². The zero-order valence-corrected chi connectivity index (χ0v) is 9.22. The maximum Gasteiger partial charge on any atom is 0.128 e. The van der Waals surface area contributed by atoms with E-state index in [0.717, 1.165) is 16.7 Å². The van der Waals surface area contributed by atoms with Crippen LogP contribution >= 0.6 is 15.9 Å². The van der Waals surface area contributed by atoms with Gasteiger partial charge in [-0.05, 0) is 21.3 Å². The molecule has 2 nitrogen and oxygen atoms in total. The molecule has 0 aliphatic rings. The minimum atomic E-state index is 0.258. The summed E-state index contributed by atoms with van der Waals surface area (Å²) in [4.78, 5) is 8.41. The van der Waals surface area contributed by atoms with Crippen molar-refractivity contribution in [1.82, 2.24) is 9.97 Å². The second-order valence-corrected chi connectivity index (χ2v) is 4.97. The van der Waals surface area contributed by atoms with E-state index in [1.54, 1.807) is 12.4 Å². The number of halogens is 1. The second kappa shape index (κ2) is 3.52. The Bertz CT molecular complexity index is 248. The standard InChI is InChI=1S/C9H13BrN2/c1-9(2,3)4-8-11-5-7(10)6-12-8/h5-6H,4H2,1-3H3. The fraction of sp³-hybridized carbons (Fsp3) is 0.556. The van der Waals surface area contributed by atoms with Crippen LogP contribution in [0.25, 0.3) is 0 Å². The Labute approximate surface area is 81.6 Å². The lowest BCUT2D eigenvalue weighted by Gasteiger charge is -2.16. The molecule has 12 heavy (non-hydrogen) atoms. The fourth-order valence-corrected chi connectivity index (χ4v) is 1.11. The smallest absolute Gasteiger partial charge is 0.128 e. The molecule has 1 rings (SSSR count). The van der Waals surface area contributed by atoms with Gasteiger partial charge in [-0.2, -0.15) is 0 Å². The van der Waals surface area contributed by atoms with Crippen molar-refractivity contribution in [3.8, 4) is 0 Å². The molecular weight excluding hydrogens is 216 g/mol. The van der Waals surface area contributed by atoms with Crippen molar-refractivity contribution in [2.24, 2.45) is 5.41 Å². The third kappa shape index (κ3) is 3.30. The van der Waals surface area contributed by atoms with Crippen molar-refractivity contribution in [3.63, 3.8) is 0 Å². The SMILES string of the molecule is CC(C)(C)Cc1ncc(Br)cn1. The maximum atomic E-state index is 4.21. The van der Waals surface area contributed by atoms with Gasteiger partial charge >= 0.3 is 0 Å². The number of hydrogen-bond acceptors (Lipinski definition) is 2. The summed E-state index contributed by atoms with van der Waals surface area (Å²) in [5.41, 5.74) is 0.258. The molecule has 0 aliphatic heterocycles. The average molecular weight is 229 g/mol. The van der Waals surface area contributed by atoms with Crippen LogP contribution in [0, 0.1) is 5.41 Å². The zero-order chi connectivity index (χ0) is 9.19. The Kier molecular flexibility index (Phi) is 2.83. The van der Waals surface area contributed by atoms with E-state index in [0.29, 0.717) is 0 Å². The Morgan fingerprint density at radius 1 is 1.25 bits per heavy atom. The van der Waals surface area contributed by atoms with E-state index < -0.39 is 0 Å². The molecule has 0 N–H and O–H groups in total. The van der Waals surface area contributed by atoms with E-state index in [-0.39, 0.29) is 5.41 Å². The lowest BCUT2D eigenvalue weighted by molar-refractivity contribution is 0.400. The zero-order valence-electron chi connectivity index (χ0n) is 7.63. The highest BCUT2D eigenvalue weighted by Crippen LogP contribution is 2.18. The van der Waals surface area contributed by atoms with E-state index in [2.05, 4.69) is 46.7 Å². The first-order valence-corrected chi connectivity index (χ1v) is 4.73. The molecular formula is C9H13BrN2. The molecule has 0 radical (unpaired) electrons. The molecule has 0 unspecified atom stereocenters. The molecule has 0 saturated carbocycles. The van der Waals surface area contributed by atoms with Gasteiger partial charge in [-0.1, -0.05) is 20.8 Å². The Morgan fingerprint density at radius 3 is 2.17 bits per heavy atom.